The van der Waals surface area contributed by atoms with Crippen LogP contribution in [0.1, 0.15) is 48.2 Å². The standard InChI is InChI=1S/C27H30ClF2N3O4S2/c1-33(39(36,37)25-16-20(29)19(28)15-21(25)30)12-6-11-31-26(34)22(13-17-7-2-3-8-17)32-27(35)24-14-18-9-4-5-10-23(18)38-24/h4-5,9-10,14-17,22H,2-3,6-8,11-13H2,1H3,(H,31,34)(H,32,35)/t22-/m0/s1. The van der Waals surface area contributed by atoms with E-state index in [-0.39, 0.29) is 31.3 Å². The zero-order valence-corrected chi connectivity index (χ0v) is 23.8. The van der Waals surface area contributed by atoms with Gasteiger partial charge in [-0.3, -0.25) is 9.59 Å². The lowest BCUT2D eigenvalue weighted by Crippen LogP contribution is -2.48. The van der Waals surface area contributed by atoms with Crippen molar-refractivity contribution in [2.45, 2.75) is 49.5 Å². The number of halogens is 3. The van der Waals surface area contributed by atoms with Gasteiger partial charge in [-0.25, -0.2) is 21.5 Å². The van der Waals surface area contributed by atoms with Gasteiger partial charge in [-0.15, -0.1) is 11.3 Å². The predicted molar refractivity (Wildman–Crippen MR) is 148 cm³/mol. The van der Waals surface area contributed by atoms with Gasteiger partial charge in [0.25, 0.3) is 5.91 Å². The minimum atomic E-state index is -4.31. The number of sulfonamides is 1. The largest absolute Gasteiger partial charge is 0.354 e. The van der Waals surface area contributed by atoms with Gasteiger partial charge in [0.2, 0.25) is 15.9 Å². The van der Waals surface area contributed by atoms with Gasteiger partial charge in [0.05, 0.1) is 9.90 Å². The fraction of sp³-hybridized carbons (Fsp3) is 0.407. The average molecular weight is 598 g/mol. The third-order valence-corrected chi connectivity index (χ3v) is 10.2. The highest BCUT2D eigenvalue weighted by Gasteiger charge is 2.28. The maximum atomic E-state index is 14.2. The molecule has 210 valence electrons. The smallest absolute Gasteiger partial charge is 0.262 e. The molecule has 0 spiro atoms. The highest BCUT2D eigenvalue weighted by atomic mass is 35.5. The summed E-state index contributed by atoms with van der Waals surface area (Å²) in [5.41, 5.74) is 0. The van der Waals surface area contributed by atoms with Gasteiger partial charge < -0.3 is 10.6 Å². The van der Waals surface area contributed by atoms with E-state index in [2.05, 4.69) is 10.6 Å². The van der Waals surface area contributed by atoms with Crippen molar-refractivity contribution >= 4 is 54.9 Å². The van der Waals surface area contributed by atoms with E-state index in [9.17, 15) is 26.8 Å². The van der Waals surface area contributed by atoms with E-state index in [1.807, 2.05) is 30.3 Å². The maximum absolute atomic E-state index is 14.2. The van der Waals surface area contributed by atoms with Crippen molar-refractivity contribution in [1.29, 1.82) is 0 Å². The Kier molecular flexibility index (Phi) is 9.58. The van der Waals surface area contributed by atoms with Gasteiger partial charge >= 0.3 is 0 Å². The molecule has 2 amide bonds. The van der Waals surface area contributed by atoms with Crippen molar-refractivity contribution in [3.8, 4) is 0 Å². The van der Waals surface area contributed by atoms with Gasteiger partial charge in [-0.2, -0.15) is 0 Å². The van der Waals surface area contributed by atoms with Crippen LogP contribution in [0.5, 0.6) is 0 Å². The molecule has 0 aliphatic heterocycles. The molecular weight excluding hydrogens is 568 g/mol. The number of carbonyl (C=O) groups is 2. The van der Waals surface area contributed by atoms with Crippen LogP contribution < -0.4 is 10.6 Å². The van der Waals surface area contributed by atoms with Crippen LogP contribution in [0.4, 0.5) is 8.78 Å². The average Bonchev–Trinajstić information content (AvgIpc) is 3.57. The number of nitrogens with one attached hydrogen (secondary N) is 2. The Labute approximate surface area is 235 Å². The Morgan fingerprint density at radius 1 is 1.13 bits per heavy atom. The van der Waals surface area contributed by atoms with Crippen molar-refractivity contribution in [3.05, 3.63) is 64.0 Å². The van der Waals surface area contributed by atoms with Crippen LogP contribution in [-0.2, 0) is 14.8 Å². The molecular formula is C27H30ClF2N3O4S2. The molecule has 7 nitrogen and oxygen atoms in total. The number of carbonyl (C=O) groups excluding carboxylic acids is 2. The summed E-state index contributed by atoms with van der Waals surface area (Å²) in [6.07, 6.45) is 4.96. The molecule has 4 rings (SSSR count). The van der Waals surface area contributed by atoms with Crippen molar-refractivity contribution in [3.63, 3.8) is 0 Å². The second-order valence-corrected chi connectivity index (χ2v) is 13.2. The number of benzene rings is 2. The second kappa shape index (κ2) is 12.7. The molecule has 39 heavy (non-hydrogen) atoms. The second-order valence-electron chi connectivity index (χ2n) is 9.73. The molecule has 3 aromatic rings. The Balaban J connectivity index is 1.35. The van der Waals surface area contributed by atoms with Crippen molar-refractivity contribution in [2.75, 3.05) is 20.1 Å². The highest BCUT2D eigenvalue weighted by Crippen LogP contribution is 2.30. The quantitative estimate of drug-likeness (QED) is 0.230. The fourth-order valence-electron chi connectivity index (χ4n) is 4.76. The first-order valence-corrected chi connectivity index (χ1v) is 15.4. The Hall–Kier alpha value is -2.60. The summed E-state index contributed by atoms with van der Waals surface area (Å²) in [7, 11) is -3.06. The molecule has 1 heterocycles. The number of hydrogen-bond donors (Lipinski definition) is 2. The molecule has 1 atom stereocenters. The minimum absolute atomic E-state index is 0.0479. The van der Waals surface area contributed by atoms with Crippen molar-refractivity contribution in [2.24, 2.45) is 5.92 Å². The number of fused-ring (bicyclic) bond motifs is 1. The summed E-state index contributed by atoms with van der Waals surface area (Å²) >= 11 is 6.89. The molecule has 0 saturated heterocycles. The van der Waals surface area contributed by atoms with E-state index < -0.39 is 37.6 Å². The normalized spacial score (nSPS) is 15.1. The number of nitrogens with zero attached hydrogens (tertiary/aromatic N) is 1. The van der Waals surface area contributed by atoms with Gasteiger partial charge in [-0.05, 0) is 48.4 Å². The van der Waals surface area contributed by atoms with Gasteiger partial charge in [0.1, 0.15) is 22.6 Å². The van der Waals surface area contributed by atoms with Crippen LogP contribution >= 0.6 is 22.9 Å². The van der Waals surface area contributed by atoms with Gasteiger partial charge in [0, 0.05) is 24.8 Å². The lowest BCUT2D eigenvalue weighted by atomic mass is 9.97. The lowest BCUT2D eigenvalue weighted by molar-refractivity contribution is -0.123. The molecule has 0 unspecified atom stereocenters. The number of rotatable bonds is 11. The summed E-state index contributed by atoms with van der Waals surface area (Å²) in [5.74, 6) is -2.49. The lowest BCUT2D eigenvalue weighted by Gasteiger charge is -2.22. The Morgan fingerprint density at radius 2 is 1.85 bits per heavy atom. The topological polar surface area (TPSA) is 95.6 Å². The summed E-state index contributed by atoms with van der Waals surface area (Å²) in [5, 5.41) is 6.14. The van der Waals surface area contributed by atoms with Gasteiger partial charge in [-0.1, -0.05) is 55.5 Å². The molecule has 1 aromatic heterocycles. The van der Waals surface area contributed by atoms with Crippen LogP contribution in [0.2, 0.25) is 5.02 Å². The van der Waals surface area contributed by atoms with Crippen LogP contribution in [0.3, 0.4) is 0 Å². The third-order valence-electron chi connectivity index (χ3n) is 6.93. The van der Waals surface area contributed by atoms with E-state index in [4.69, 9.17) is 11.6 Å². The number of amides is 2. The maximum Gasteiger partial charge on any atom is 0.262 e. The molecule has 0 radical (unpaired) electrons. The Morgan fingerprint density at radius 3 is 2.56 bits per heavy atom. The molecule has 0 bridgehead atoms. The molecule has 1 fully saturated rings. The third kappa shape index (κ3) is 7.13. The van der Waals surface area contributed by atoms with E-state index >= 15 is 0 Å². The fourth-order valence-corrected chi connectivity index (χ4v) is 7.14. The van der Waals surface area contributed by atoms with Crippen LogP contribution in [0, 0.1) is 17.6 Å². The van der Waals surface area contributed by atoms with Crippen molar-refractivity contribution < 1.29 is 26.8 Å². The first-order chi connectivity index (χ1) is 18.6. The zero-order valence-electron chi connectivity index (χ0n) is 21.4. The van der Waals surface area contributed by atoms with E-state index in [0.717, 1.165) is 40.1 Å². The van der Waals surface area contributed by atoms with Gasteiger partial charge in [0.15, 0.2) is 0 Å². The minimum Gasteiger partial charge on any atom is -0.354 e. The van der Waals surface area contributed by atoms with Crippen LogP contribution in [0.25, 0.3) is 10.1 Å². The zero-order chi connectivity index (χ0) is 28.2. The predicted octanol–water partition coefficient (Wildman–Crippen LogP) is 5.34. The summed E-state index contributed by atoms with van der Waals surface area (Å²) < 4.78 is 55.2. The highest BCUT2D eigenvalue weighted by molar-refractivity contribution is 7.89. The molecule has 12 heteroatoms. The summed E-state index contributed by atoms with van der Waals surface area (Å²) in [6.45, 7) is 0.0871. The molecule has 1 aliphatic rings. The number of hydrogen-bond acceptors (Lipinski definition) is 5. The molecule has 1 aliphatic carbocycles. The number of thiophene rings is 1. The molecule has 2 N–H and O–H groups in total. The molecule has 1 saturated carbocycles. The monoisotopic (exact) mass is 597 g/mol. The van der Waals surface area contributed by atoms with E-state index in [0.29, 0.717) is 29.3 Å². The van der Waals surface area contributed by atoms with Crippen LogP contribution in [0.15, 0.2) is 47.4 Å². The SMILES string of the molecule is CN(CCCNC(=O)[C@H](CC1CCCC1)NC(=O)c1cc2ccccc2s1)S(=O)(=O)c1cc(F)c(Cl)cc1F. The first-order valence-electron chi connectivity index (χ1n) is 12.7. The summed E-state index contributed by atoms with van der Waals surface area (Å²) in [6, 6.07) is 9.94. The van der Waals surface area contributed by atoms with E-state index in [1.165, 1.54) is 18.4 Å². The summed E-state index contributed by atoms with van der Waals surface area (Å²) in [4.78, 5) is 25.8. The van der Waals surface area contributed by atoms with E-state index in [1.54, 1.807) is 0 Å². The Bertz CT molecular complexity index is 1430. The molecule has 2 aromatic carbocycles. The van der Waals surface area contributed by atoms with Crippen LogP contribution in [-0.4, -0.2) is 50.7 Å². The van der Waals surface area contributed by atoms with Crippen molar-refractivity contribution in [1.82, 2.24) is 14.9 Å². The first kappa shape index (κ1) is 29.4.